The van der Waals surface area contributed by atoms with E-state index in [1.807, 2.05) is 0 Å². The lowest BCUT2D eigenvalue weighted by Gasteiger charge is -2.10. The van der Waals surface area contributed by atoms with Gasteiger partial charge in [-0.05, 0) is 55.4 Å². The summed E-state index contributed by atoms with van der Waals surface area (Å²) in [6, 6.07) is 10.6. The van der Waals surface area contributed by atoms with Crippen molar-refractivity contribution >= 4 is 0 Å². The van der Waals surface area contributed by atoms with E-state index in [9.17, 15) is 5.11 Å². The number of benzene rings is 1. The molecule has 0 amide bonds. The van der Waals surface area contributed by atoms with Crippen molar-refractivity contribution in [3.63, 3.8) is 0 Å². The maximum absolute atomic E-state index is 10.3. The molecule has 0 heterocycles. The topological polar surface area (TPSA) is 20.2 Å². The fourth-order valence-electron chi connectivity index (χ4n) is 3.97. The van der Waals surface area contributed by atoms with Crippen molar-refractivity contribution in [1.29, 1.82) is 0 Å². The molecule has 3 atom stereocenters. The van der Waals surface area contributed by atoms with E-state index in [1.165, 1.54) is 31.2 Å². The Hall–Kier alpha value is -0.820. The molecule has 1 heteroatoms. The van der Waals surface area contributed by atoms with Crippen LogP contribution >= 0.6 is 0 Å². The van der Waals surface area contributed by atoms with Crippen LogP contribution in [-0.4, -0.2) is 11.2 Å². The van der Waals surface area contributed by atoms with Gasteiger partial charge in [-0.2, -0.15) is 0 Å². The highest BCUT2D eigenvalue weighted by atomic mass is 16.3. The highest BCUT2D eigenvalue weighted by Gasteiger charge is 2.53. The molecule has 0 radical (unpaired) electrons. The quantitative estimate of drug-likeness (QED) is 0.835. The van der Waals surface area contributed by atoms with Gasteiger partial charge in [-0.15, -0.1) is 0 Å². The number of rotatable bonds is 5. The van der Waals surface area contributed by atoms with Crippen LogP contribution in [0, 0.1) is 17.8 Å². The maximum atomic E-state index is 10.3. The third kappa shape index (κ3) is 2.61. The van der Waals surface area contributed by atoms with E-state index >= 15 is 0 Å². The van der Waals surface area contributed by atoms with Crippen molar-refractivity contribution in [3.8, 4) is 0 Å². The Kier molecular flexibility index (Phi) is 3.69. The van der Waals surface area contributed by atoms with E-state index in [4.69, 9.17) is 0 Å². The van der Waals surface area contributed by atoms with E-state index in [0.29, 0.717) is 5.92 Å². The predicted molar refractivity (Wildman–Crippen MR) is 74.3 cm³/mol. The van der Waals surface area contributed by atoms with Crippen molar-refractivity contribution in [3.05, 3.63) is 35.9 Å². The van der Waals surface area contributed by atoms with Crippen LogP contribution in [-0.2, 0) is 6.42 Å². The molecule has 0 aliphatic heterocycles. The van der Waals surface area contributed by atoms with E-state index < -0.39 is 0 Å². The summed E-state index contributed by atoms with van der Waals surface area (Å²) in [5, 5.41) is 10.3. The lowest BCUT2D eigenvalue weighted by molar-refractivity contribution is 0.128. The normalized spacial score (nSPS) is 31.7. The molecule has 2 fully saturated rings. The number of aliphatic hydroxyl groups is 1. The Morgan fingerprint density at radius 2 is 1.72 bits per heavy atom. The highest BCUT2D eigenvalue weighted by Crippen LogP contribution is 2.57. The molecule has 0 aromatic heterocycles. The molecule has 1 nitrogen and oxygen atoms in total. The summed E-state index contributed by atoms with van der Waals surface area (Å²) in [4.78, 5) is 0. The van der Waals surface area contributed by atoms with Crippen LogP contribution in [0.25, 0.3) is 0 Å². The van der Waals surface area contributed by atoms with Crippen LogP contribution in [0.3, 0.4) is 0 Å². The van der Waals surface area contributed by atoms with Gasteiger partial charge < -0.3 is 5.11 Å². The molecular formula is C17H24O. The zero-order valence-corrected chi connectivity index (χ0v) is 11.1. The van der Waals surface area contributed by atoms with Crippen molar-refractivity contribution in [2.45, 2.75) is 51.0 Å². The van der Waals surface area contributed by atoms with Crippen LogP contribution < -0.4 is 0 Å². The number of fused-ring (bicyclic) bond motifs is 1. The third-order valence-corrected chi connectivity index (χ3v) is 4.98. The van der Waals surface area contributed by atoms with Gasteiger partial charge >= 0.3 is 0 Å². The zero-order valence-electron chi connectivity index (χ0n) is 11.1. The van der Waals surface area contributed by atoms with E-state index in [-0.39, 0.29) is 6.10 Å². The Morgan fingerprint density at radius 3 is 2.39 bits per heavy atom. The van der Waals surface area contributed by atoms with E-state index in [1.54, 1.807) is 0 Å². The first kappa shape index (κ1) is 12.2. The molecule has 2 aliphatic rings. The molecule has 1 aromatic rings. The maximum Gasteiger partial charge on any atom is 0.0574 e. The molecule has 3 unspecified atom stereocenters. The summed E-state index contributed by atoms with van der Waals surface area (Å²) in [5.74, 6) is 2.42. The van der Waals surface area contributed by atoms with Crippen LogP contribution in [0.5, 0.6) is 0 Å². The van der Waals surface area contributed by atoms with Crippen LogP contribution in [0.4, 0.5) is 0 Å². The molecule has 98 valence electrons. The standard InChI is InChI=1S/C17H24O/c18-16(17-14-10-4-5-11-15(14)17)12-6-9-13-7-2-1-3-8-13/h1-3,7-8,14-18H,4-6,9-12H2. The second-order valence-electron chi connectivity index (χ2n) is 6.13. The minimum Gasteiger partial charge on any atom is -0.393 e. The Morgan fingerprint density at radius 1 is 1.06 bits per heavy atom. The average molecular weight is 244 g/mol. The fraction of sp³-hybridized carbons (Fsp3) is 0.647. The van der Waals surface area contributed by atoms with Crippen LogP contribution in [0.2, 0.25) is 0 Å². The minimum atomic E-state index is -0.0261. The SMILES string of the molecule is OC(CCCc1ccccc1)C1C2CCCCC21. The van der Waals surface area contributed by atoms with Crippen molar-refractivity contribution in [1.82, 2.24) is 0 Å². The van der Waals surface area contributed by atoms with Crippen LogP contribution in [0.1, 0.15) is 44.1 Å². The van der Waals surface area contributed by atoms with Gasteiger partial charge in [0.1, 0.15) is 0 Å². The zero-order chi connectivity index (χ0) is 12.4. The van der Waals surface area contributed by atoms with Crippen molar-refractivity contribution in [2.24, 2.45) is 17.8 Å². The Balaban J connectivity index is 1.41. The molecule has 0 bridgehead atoms. The smallest absolute Gasteiger partial charge is 0.0574 e. The average Bonchev–Trinajstić information content (AvgIpc) is 3.14. The van der Waals surface area contributed by atoms with Gasteiger partial charge in [0.25, 0.3) is 0 Å². The lowest BCUT2D eigenvalue weighted by atomic mass is 10.0. The second kappa shape index (κ2) is 5.44. The monoisotopic (exact) mass is 244 g/mol. The molecule has 2 aliphatic carbocycles. The molecule has 0 saturated heterocycles. The first-order valence-corrected chi connectivity index (χ1v) is 7.58. The number of aliphatic hydroxyl groups excluding tert-OH is 1. The molecule has 1 N–H and O–H groups in total. The summed E-state index contributed by atoms with van der Waals surface area (Å²) in [6.07, 6.45) is 8.76. The van der Waals surface area contributed by atoms with Crippen LogP contribution in [0.15, 0.2) is 30.3 Å². The van der Waals surface area contributed by atoms with Gasteiger partial charge in [0.2, 0.25) is 0 Å². The van der Waals surface area contributed by atoms with Crippen molar-refractivity contribution in [2.75, 3.05) is 0 Å². The molecule has 1 aromatic carbocycles. The highest BCUT2D eigenvalue weighted by molar-refractivity contribution is 5.14. The van der Waals surface area contributed by atoms with Gasteiger partial charge in [-0.25, -0.2) is 0 Å². The number of aryl methyl sites for hydroxylation is 1. The van der Waals surface area contributed by atoms with Gasteiger partial charge in [0.15, 0.2) is 0 Å². The Labute approximate surface area is 110 Å². The summed E-state index contributed by atoms with van der Waals surface area (Å²) in [7, 11) is 0. The summed E-state index contributed by atoms with van der Waals surface area (Å²) in [5.41, 5.74) is 1.40. The summed E-state index contributed by atoms with van der Waals surface area (Å²) < 4.78 is 0. The summed E-state index contributed by atoms with van der Waals surface area (Å²) in [6.45, 7) is 0. The van der Waals surface area contributed by atoms with Gasteiger partial charge in [0, 0.05) is 0 Å². The third-order valence-electron chi connectivity index (χ3n) is 4.98. The molecule has 18 heavy (non-hydrogen) atoms. The largest absolute Gasteiger partial charge is 0.393 e. The van der Waals surface area contributed by atoms with E-state index in [2.05, 4.69) is 30.3 Å². The first-order chi connectivity index (χ1) is 8.86. The summed E-state index contributed by atoms with van der Waals surface area (Å²) >= 11 is 0. The van der Waals surface area contributed by atoms with E-state index in [0.717, 1.165) is 31.1 Å². The second-order valence-corrected chi connectivity index (χ2v) is 6.13. The van der Waals surface area contributed by atoms with Gasteiger partial charge in [0.05, 0.1) is 6.10 Å². The minimum absolute atomic E-state index is 0.0261. The lowest BCUT2D eigenvalue weighted by Crippen LogP contribution is -2.11. The number of hydrogen-bond donors (Lipinski definition) is 1. The predicted octanol–water partition coefficient (Wildman–Crippen LogP) is 3.81. The number of hydrogen-bond acceptors (Lipinski definition) is 1. The fourth-order valence-corrected chi connectivity index (χ4v) is 3.97. The first-order valence-electron chi connectivity index (χ1n) is 7.58. The van der Waals surface area contributed by atoms with Gasteiger partial charge in [-0.3, -0.25) is 0 Å². The van der Waals surface area contributed by atoms with Gasteiger partial charge in [-0.1, -0.05) is 43.2 Å². The molecule has 2 saturated carbocycles. The molecule has 3 rings (SSSR count). The molecule has 0 spiro atoms. The van der Waals surface area contributed by atoms with Crippen molar-refractivity contribution < 1.29 is 5.11 Å². The molecular weight excluding hydrogens is 220 g/mol. The Bertz CT molecular complexity index is 360.